The van der Waals surface area contributed by atoms with E-state index in [4.69, 9.17) is 5.73 Å². The van der Waals surface area contributed by atoms with Gasteiger partial charge in [-0.25, -0.2) is 0 Å². The smallest absolute Gasteiger partial charge is 0.0546 e. The van der Waals surface area contributed by atoms with Crippen LogP contribution in [0.3, 0.4) is 0 Å². The normalized spacial score (nSPS) is 29.0. The van der Waals surface area contributed by atoms with Gasteiger partial charge in [-0.2, -0.15) is 0 Å². The molecule has 15 heavy (non-hydrogen) atoms. The molecule has 0 saturated heterocycles. The Kier molecular flexibility index (Phi) is 4.15. The number of nitrogens with zero attached hydrogens (tertiary/aromatic N) is 1. The van der Waals surface area contributed by atoms with Crippen molar-refractivity contribution in [2.75, 3.05) is 20.1 Å². The highest BCUT2D eigenvalue weighted by atomic mass is 16.3. The SMILES string of the molecule is CN(CC1CC(O)C1)C(CN)C(C)(C)C. The maximum atomic E-state index is 9.24. The summed E-state index contributed by atoms with van der Waals surface area (Å²) in [5.41, 5.74) is 6.06. The summed E-state index contributed by atoms with van der Waals surface area (Å²) in [6.07, 6.45) is 1.88. The van der Waals surface area contributed by atoms with E-state index in [1.807, 2.05) is 0 Å². The standard InChI is InChI=1S/C12H26N2O/c1-12(2,3)11(7-13)14(4)8-9-5-10(15)6-9/h9-11,15H,5-8,13H2,1-4H3. The van der Waals surface area contributed by atoms with Gasteiger partial charge in [0.15, 0.2) is 0 Å². The molecule has 3 N–H and O–H groups in total. The Morgan fingerprint density at radius 2 is 1.93 bits per heavy atom. The van der Waals surface area contributed by atoms with Gasteiger partial charge in [0.1, 0.15) is 0 Å². The van der Waals surface area contributed by atoms with Gasteiger partial charge in [-0.3, -0.25) is 0 Å². The summed E-state index contributed by atoms with van der Waals surface area (Å²) < 4.78 is 0. The van der Waals surface area contributed by atoms with Gasteiger partial charge in [0, 0.05) is 19.1 Å². The number of likely N-dealkylation sites (N-methyl/N-ethyl adjacent to an activating group) is 1. The van der Waals surface area contributed by atoms with E-state index >= 15 is 0 Å². The fraction of sp³-hybridized carbons (Fsp3) is 1.00. The van der Waals surface area contributed by atoms with Crippen molar-refractivity contribution in [1.82, 2.24) is 4.90 Å². The molecule has 0 aromatic heterocycles. The minimum absolute atomic E-state index is 0.0469. The Morgan fingerprint density at radius 1 is 1.40 bits per heavy atom. The van der Waals surface area contributed by atoms with E-state index in [9.17, 15) is 5.11 Å². The molecule has 1 fully saturated rings. The Balaban J connectivity index is 2.40. The van der Waals surface area contributed by atoms with Crippen molar-refractivity contribution in [1.29, 1.82) is 0 Å². The maximum absolute atomic E-state index is 9.24. The van der Waals surface area contributed by atoms with Crippen molar-refractivity contribution in [3.63, 3.8) is 0 Å². The molecular weight excluding hydrogens is 188 g/mol. The number of nitrogens with two attached hydrogens (primary N) is 1. The van der Waals surface area contributed by atoms with Gasteiger partial charge in [-0.15, -0.1) is 0 Å². The summed E-state index contributed by atoms with van der Waals surface area (Å²) >= 11 is 0. The Labute approximate surface area is 93.6 Å². The van der Waals surface area contributed by atoms with Crippen molar-refractivity contribution >= 4 is 0 Å². The second-order valence-electron chi connectivity index (χ2n) is 6.05. The van der Waals surface area contributed by atoms with E-state index in [-0.39, 0.29) is 11.5 Å². The first-order valence-corrected chi connectivity index (χ1v) is 5.93. The second-order valence-corrected chi connectivity index (χ2v) is 6.05. The van der Waals surface area contributed by atoms with E-state index < -0.39 is 0 Å². The van der Waals surface area contributed by atoms with Crippen LogP contribution in [0.5, 0.6) is 0 Å². The van der Waals surface area contributed by atoms with Crippen LogP contribution in [-0.2, 0) is 0 Å². The highest BCUT2D eigenvalue weighted by molar-refractivity contribution is 4.87. The fourth-order valence-corrected chi connectivity index (χ4v) is 2.58. The molecule has 1 saturated carbocycles. The molecule has 3 nitrogen and oxygen atoms in total. The van der Waals surface area contributed by atoms with Crippen molar-refractivity contribution < 1.29 is 5.11 Å². The summed E-state index contributed by atoms with van der Waals surface area (Å²) in [6, 6.07) is 0.426. The maximum Gasteiger partial charge on any atom is 0.0546 e. The van der Waals surface area contributed by atoms with Gasteiger partial charge in [0.25, 0.3) is 0 Å². The lowest BCUT2D eigenvalue weighted by Crippen LogP contribution is -2.50. The van der Waals surface area contributed by atoms with Crippen LogP contribution < -0.4 is 5.73 Å². The lowest BCUT2D eigenvalue weighted by Gasteiger charge is -2.41. The molecule has 0 aliphatic heterocycles. The molecule has 0 amide bonds. The van der Waals surface area contributed by atoms with Gasteiger partial charge >= 0.3 is 0 Å². The number of hydrogen-bond acceptors (Lipinski definition) is 3. The van der Waals surface area contributed by atoms with E-state index in [1.165, 1.54) is 0 Å². The van der Waals surface area contributed by atoms with Gasteiger partial charge in [-0.1, -0.05) is 20.8 Å². The highest BCUT2D eigenvalue weighted by Gasteiger charge is 2.32. The monoisotopic (exact) mass is 214 g/mol. The van der Waals surface area contributed by atoms with Crippen LogP contribution >= 0.6 is 0 Å². The zero-order valence-electron chi connectivity index (χ0n) is 10.5. The molecular formula is C12H26N2O. The van der Waals surface area contributed by atoms with Gasteiger partial charge in [0.2, 0.25) is 0 Å². The summed E-state index contributed by atoms with van der Waals surface area (Å²) in [7, 11) is 2.15. The number of rotatable bonds is 4. The molecule has 3 heteroatoms. The van der Waals surface area contributed by atoms with E-state index in [0.29, 0.717) is 18.5 Å². The summed E-state index contributed by atoms with van der Waals surface area (Å²) in [5.74, 6) is 0.668. The van der Waals surface area contributed by atoms with Crippen LogP contribution in [0.15, 0.2) is 0 Å². The largest absolute Gasteiger partial charge is 0.393 e. The lowest BCUT2D eigenvalue weighted by atomic mass is 9.80. The zero-order valence-corrected chi connectivity index (χ0v) is 10.5. The average Bonchev–Trinajstić information content (AvgIpc) is 1.99. The summed E-state index contributed by atoms with van der Waals surface area (Å²) in [4.78, 5) is 2.36. The molecule has 1 rings (SSSR count). The fourth-order valence-electron chi connectivity index (χ4n) is 2.58. The minimum Gasteiger partial charge on any atom is -0.393 e. The zero-order chi connectivity index (χ0) is 11.6. The average molecular weight is 214 g/mol. The third-order valence-electron chi connectivity index (χ3n) is 3.51. The number of aliphatic hydroxyl groups is 1. The van der Waals surface area contributed by atoms with Crippen molar-refractivity contribution in [3.8, 4) is 0 Å². The van der Waals surface area contributed by atoms with Gasteiger partial charge in [0.05, 0.1) is 6.10 Å². The molecule has 0 spiro atoms. The van der Waals surface area contributed by atoms with Gasteiger partial charge < -0.3 is 15.7 Å². The van der Waals surface area contributed by atoms with Crippen molar-refractivity contribution in [2.24, 2.45) is 17.1 Å². The van der Waals surface area contributed by atoms with Crippen molar-refractivity contribution in [3.05, 3.63) is 0 Å². The molecule has 90 valence electrons. The van der Waals surface area contributed by atoms with Crippen LogP contribution in [-0.4, -0.2) is 42.3 Å². The topological polar surface area (TPSA) is 49.5 Å². The molecule has 1 unspecified atom stereocenters. The molecule has 0 aromatic carbocycles. The first-order valence-electron chi connectivity index (χ1n) is 5.93. The molecule has 1 aliphatic rings. The van der Waals surface area contributed by atoms with Crippen LogP contribution in [0, 0.1) is 11.3 Å². The highest BCUT2D eigenvalue weighted by Crippen LogP contribution is 2.30. The predicted octanol–water partition coefficient (Wildman–Crippen LogP) is 1.06. The van der Waals surface area contributed by atoms with Crippen LogP contribution in [0.4, 0.5) is 0 Å². The Morgan fingerprint density at radius 3 is 2.27 bits per heavy atom. The molecule has 1 aliphatic carbocycles. The third-order valence-corrected chi connectivity index (χ3v) is 3.51. The first kappa shape index (κ1) is 12.9. The molecule has 0 radical (unpaired) electrons. The minimum atomic E-state index is -0.0469. The molecule has 1 atom stereocenters. The molecule has 0 aromatic rings. The van der Waals surface area contributed by atoms with E-state index in [1.54, 1.807) is 0 Å². The molecule has 0 heterocycles. The van der Waals surface area contributed by atoms with Crippen LogP contribution in [0.2, 0.25) is 0 Å². The summed E-state index contributed by atoms with van der Waals surface area (Å²) in [5, 5.41) is 9.24. The van der Waals surface area contributed by atoms with Crippen LogP contribution in [0.25, 0.3) is 0 Å². The number of hydrogen-bond donors (Lipinski definition) is 2. The van der Waals surface area contributed by atoms with Gasteiger partial charge in [-0.05, 0) is 31.2 Å². The first-order chi connectivity index (χ1) is 6.84. The molecule has 0 bridgehead atoms. The Bertz CT molecular complexity index is 194. The van der Waals surface area contributed by atoms with Crippen molar-refractivity contribution in [2.45, 2.75) is 45.8 Å². The summed E-state index contributed by atoms with van der Waals surface area (Å²) in [6.45, 7) is 8.47. The lowest BCUT2D eigenvalue weighted by molar-refractivity contribution is 0.0121. The quantitative estimate of drug-likeness (QED) is 0.736. The second kappa shape index (κ2) is 4.81. The third kappa shape index (κ3) is 3.44. The Hall–Kier alpha value is -0.120. The number of aliphatic hydroxyl groups excluding tert-OH is 1. The van der Waals surface area contributed by atoms with Crippen LogP contribution in [0.1, 0.15) is 33.6 Å². The van der Waals surface area contributed by atoms with E-state index in [2.05, 4.69) is 32.7 Å². The van der Waals surface area contributed by atoms with E-state index in [0.717, 1.165) is 19.4 Å². The predicted molar refractivity (Wildman–Crippen MR) is 63.7 cm³/mol.